The van der Waals surface area contributed by atoms with E-state index in [1.807, 2.05) is 13.8 Å². The van der Waals surface area contributed by atoms with E-state index in [4.69, 9.17) is 9.84 Å². The van der Waals surface area contributed by atoms with Crippen LogP contribution in [0.2, 0.25) is 0 Å². The Bertz CT molecular complexity index is 563. The molecule has 0 saturated carbocycles. The fourth-order valence-corrected chi connectivity index (χ4v) is 3.27. The standard InChI is InChI=1S/C14H20O5S/c1-3-7-19-8-9-20(17,18)13-10-12(14(15)16)6-5-11(13)4-2/h5-6,10H,3-4,7-9H2,1-2H3,(H,15,16). The lowest BCUT2D eigenvalue weighted by Gasteiger charge is -2.10. The summed E-state index contributed by atoms with van der Waals surface area (Å²) in [6, 6.07) is 4.22. The number of sulfone groups is 1. The van der Waals surface area contributed by atoms with Gasteiger partial charge in [0.25, 0.3) is 0 Å². The molecule has 0 aliphatic heterocycles. The van der Waals surface area contributed by atoms with E-state index < -0.39 is 15.8 Å². The molecule has 0 atom stereocenters. The van der Waals surface area contributed by atoms with Gasteiger partial charge in [-0.3, -0.25) is 0 Å². The summed E-state index contributed by atoms with van der Waals surface area (Å²) in [5.74, 6) is -1.27. The fourth-order valence-electron chi connectivity index (χ4n) is 1.79. The monoisotopic (exact) mass is 300 g/mol. The third-order valence-electron chi connectivity index (χ3n) is 2.87. The van der Waals surface area contributed by atoms with Gasteiger partial charge in [-0.15, -0.1) is 0 Å². The number of carboxylic acids is 1. The molecule has 6 heteroatoms. The van der Waals surface area contributed by atoms with Crippen LogP contribution < -0.4 is 0 Å². The molecule has 0 aromatic heterocycles. The molecule has 1 rings (SSSR count). The van der Waals surface area contributed by atoms with Crippen LogP contribution in [-0.4, -0.2) is 38.5 Å². The predicted octanol–water partition coefficient (Wildman–Crippen LogP) is 2.15. The van der Waals surface area contributed by atoms with Crippen molar-refractivity contribution in [1.82, 2.24) is 0 Å². The van der Waals surface area contributed by atoms with E-state index in [2.05, 4.69) is 0 Å². The fraction of sp³-hybridized carbons (Fsp3) is 0.500. The number of carbonyl (C=O) groups is 1. The van der Waals surface area contributed by atoms with Crippen LogP contribution in [0.1, 0.15) is 36.2 Å². The molecule has 0 bridgehead atoms. The van der Waals surface area contributed by atoms with Crippen LogP contribution in [-0.2, 0) is 21.0 Å². The van der Waals surface area contributed by atoms with E-state index in [-0.39, 0.29) is 22.8 Å². The Kier molecular flexibility index (Phi) is 6.16. The van der Waals surface area contributed by atoms with E-state index in [0.717, 1.165) is 6.42 Å². The van der Waals surface area contributed by atoms with Crippen molar-refractivity contribution in [3.8, 4) is 0 Å². The van der Waals surface area contributed by atoms with Crippen molar-refractivity contribution in [2.75, 3.05) is 19.0 Å². The second-order valence-corrected chi connectivity index (χ2v) is 6.49. The summed E-state index contributed by atoms with van der Waals surface area (Å²) in [5.41, 5.74) is 0.612. The first-order chi connectivity index (χ1) is 9.42. The molecule has 0 amide bonds. The van der Waals surface area contributed by atoms with Crippen LogP contribution in [0.5, 0.6) is 0 Å². The summed E-state index contributed by atoms with van der Waals surface area (Å²) in [7, 11) is -3.53. The quantitative estimate of drug-likeness (QED) is 0.744. The SMILES string of the molecule is CCCOCCS(=O)(=O)c1cc(C(=O)O)ccc1CC. The molecular weight excluding hydrogens is 280 g/mol. The van der Waals surface area contributed by atoms with Crippen LogP contribution in [0.15, 0.2) is 23.1 Å². The maximum absolute atomic E-state index is 12.3. The molecule has 0 aliphatic rings. The van der Waals surface area contributed by atoms with Crippen LogP contribution in [0.25, 0.3) is 0 Å². The largest absolute Gasteiger partial charge is 0.478 e. The van der Waals surface area contributed by atoms with Crippen molar-refractivity contribution >= 4 is 15.8 Å². The Morgan fingerprint density at radius 2 is 1.95 bits per heavy atom. The Labute approximate surface area is 119 Å². The maximum atomic E-state index is 12.3. The van der Waals surface area contributed by atoms with Crippen molar-refractivity contribution in [3.05, 3.63) is 29.3 Å². The Morgan fingerprint density at radius 3 is 2.50 bits per heavy atom. The zero-order chi connectivity index (χ0) is 15.2. The molecule has 0 heterocycles. The lowest BCUT2D eigenvalue weighted by molar-refractivity contribution is 0.0696. The van der Waals surface area contributed by atoms with Crippen LogP contribution in [0.4, 0.5) is 0 Å². The highest BCUT2D eigenvalue weighted by molar-refractivity contribution is 7.91. The summed E-state index contributed by atoms with van der Waals surface area (Å²) >= 11 is 0. The normalized spacial score (nSPS) is 11.5. The highest BCUT2D eigenvalue weighted by atomic mass is 32.2. The second kappa shape index (κ2) is 7.40. The van der Waals surface area contributed by atoms with E-state index >= 15 is 0 Å². The minimum Gasteiger partial charge on any atom is -0.478 e. The van der Waals surface area contributed by atoms with Crippen LogP contribution in [0.3, 0.4) is 0 Å². The first kappa shape index (κ1) is 16.7. The average Bonchev–Trinajstić information content (AvgIpc) is 2.42. The number of hydrogen-bond acceptors (Lipinski definition) is 4. The van der Waals surface area contributed by atoms with Gasteiger partial charge in [0.2, 0.25) is 0 Å². The zero-order valence-corrected chi connectivity index (χ0v) is 12.6. The highest BCUT2D eigenvalue weighted by Gasteiger charge is 2.20. The molecule has 0 aliphatic carbocycles. The van der Waals surface area contributed by atoms with Gasteiger partial charge in [0.15, 0.2) is 9.84 Å². The van der Waals surface area contributed by atoms with Gasteiger partial charge >= 0.3 is 5.97 Å². The van der Waals surface area contributed by atoms with E-state index in [9.17, 15) is 13.2 Å². The van der Waals surface area contributed by atoms with E-state index in [1.54, 1.807) is 6.07 Å². The second-order valence-electron chi connectivity index (χ2n) is 4.41. The molecule has 0 spiro atoms. The van der Waals surface area contributed by atoms with E-state index in [0.29, 0.717) is 18.6 Å². The molecule has 1 aromatic carbocycles. The number of carboxylic acid groups (broad SMARTS) is 1. The van der Waals surface area contributed by atoms with Gasteiger partial charge in [-0.2, -0.15) is 0 Å². The molecular formula is C14H20O5S. The van der Waals surface area contributed by atoms with Crippen molar-refractivity contribution in [2.45, 2.75) is 31.6 Å². The number of benzene rings is 1. The number of ether oxygens (including phenoxy) is 1. The maximum Gasteiger partial charge on any atom is 0.335 e. The van der Waals surface area contributed by atoms with Crippen LogP contribution >= 0.6 is 0 Å². The number of rotatable bonds is 8. The molecule has 0 unspecified atom stereocenters. The topological polar surface area (TPSA) is 80.7 Å². The molecule has 0 radical (unpaired) electrons. The predicted molar refractivity (Wildman–Crippen MR) is 75.9 cm³/mol. The first-order valence-corrected chi connectivity index (χ1v) is 8.24. The highest BCUT2D eigenvalue weighted by Crippen LogP contribution is 2.20. The Morgan fingerprint density at radius 1 is 1.25 bits per heavy atom. The first-order valence-electron chi connectivity index (χ1n) is 6.59. The minimum atomic E-state index is -3.53. The van der Waals surface area contributed by atoms with Gasteiger partial charge in [0.1, 0.15) is 0 Å². The van der Waals surface area contributed by atoms with Crippen molar-refractivity contribution in [1.29, 1.82) is 0 Å². The summed E-state index contributed by atoms with van der Waals surface area (Å²) in [4.78, 5) is 11.1. The summed E-state index contributed by atoms with van der Waals surface area (Å²) in [6.45, 7) is 4.42. The smallest absolute Gasteiger partial charge is 0.335 e. The van der Waals surface area contributed by atoms with Gasteiger partial charge < -0.3 is 9.84 Å². The number of aryl methyl sites for hydroxylation is 1. The number of hydrogen-bond donors (Lipinski definition) is 1. The average molecular weight is 300 g/mol. The molecule has 1 N–H and O–H groups in total. The van der Waals surface area contributed by atoms with E-state index in [1.165, 1.54) is 12.1 Å². The van der Waals surface area contributed by atoms with Crippen molar-refractivity contribution in [2.24, 2.45) is 0 Å². The lowest BCUT2D eigenvalue weighted by Crippen LogP contribution is -2.15. The van der Waals surface area contributed by atoms with Crippen molar-refractivity contribution < 1.29 is 23.1 Å². The molecule has 5 nitrogen and oxygen atoms in total. The Balaban J connectivity index is 3.02. The third-order valence-corrected chi connectivity index (χ3v) is 4.63. The molecule has 0 fully saturated rings. The minimum absolute atomic E-state index is 0.0183. The number of aromatic carboxylic acids is 1. The van der Waals surface area contributed by atoms with Gasteiger partial charge in [0.05, 0.1) is 22.8 Å². The van der Waals surface area contributed by atoms with Crippen molar-refractivity contribution in [3.63, 3.8) is 0 Å². The Hall–Kier alpha value is -1.40. The molecule has 112 valence electrons. The summed E-state index contributed by atoms with van der Waals surface area (Å²) in [5, 5.41) is 8.97. The lowest BCUT2D eigenvalue weighted by atomic mass is 10.1. The molecule has 0 saturated heterocycles. The zero-order valence-electron chi connectivity index (χ0n) is 11.8. The molecule has 1 aromatic rings. The third kappa shape index (κ3) is 4.31. The summed E-state index contributed by atoms with van der Waals surface area (Å²) < 4.78 is 29.7. The van der Waals surface area contributed by atoms with Gasteiger partial charge in [-0.25, -0.2) is 13.2 Å². The van der Waals surface area contributed by atoms with Gasteiger partial charge in [-0.1, -0.05) is 19.9 Å². The van der Waals surface area contributed by atoms with Gasteiger partial charge in [0, 0.05) is 6.61 Å². The van der Waals surface area contributed by atoms with Crippen LogP contribution in [0, 0.1) is 0 Å². The van der Waals surface area contributed by atoms with Gasteiger partial charge in [-0.05, 0) is 30.5 Å². The summed E-state index contributed by atoms with van der Waals surface area (Å²) in [6.07, 6.45) is 1.36. The molecule has 20 heavy (non-hydrogen) atoms.